The highest BCUT2D eigenvalue weighted by molar-refractivity contribution is 5.92. The third kappa shape index (κ3) is 5.62. The zero-order valence-corrected chi connectivity index (χ0v) is 24.1. The molecule has 1 aliphatic heterocycles. The fraction of sp³-hybridized carbons (Fsp3) is 0.235. The summed E-state index contributed by atoms with van der Waals surface area (Å²) in [4.78, 5) is 20.8. The number of aromatic carboxylic acids is 1. The number of benzene rings is 3. The first-order valence-corrected chi connectivity index (χ1v) is 14.0. The van der Waals surface area contributed by atoms with Gasteiger partial charge in [-0.3, -0.25) is 0 Å². The van der Waals surface area contributed by atoms with Crippen molar-refractivity contribution in [3.8, 4) is 23.2 Å². The van der Waals surface area contributed by atoms with Crippen molar-refractivity contribution in [1.29, 1.82) is 5.26 Å². The van der Waals surface area contributed by atoms with Gasteiger partial charge in [-0.1, -0.05) is 32.0 Å². The van der Waals surface area contributed by atoms with Crippen LogP contribution in [-0.2, 0) is 17.8 Å². The number of carboxylic acids is 1. The van der Waals surface area contributed by atoms with Crippen molar-refractivity contribution < 1.29 is 28.2 Å². The normalized spacial score (nSPS) is 15.8. The summed E-state index contributed by atoms with van der Waals surface area (Å²) in [6, 6.07) is 20.6. The van der Waals surface area contributed by atoms with Gasteiger partial charge in [-0.05, 0) is 59.7 Å². The Hall–Kier alpha value is -5.14. The molecule has 222 valence electrons. The molecule has 0 bridgehead atoms. The molecule has 3 heterocycles. The molecule has 0 amide bonds. The van der Waals surface area contributed by atoms with Crippen LogP contribution in [0.1, 0.15) is 52.8 Å². The van der Waals surface area contributed by atoms with Crippen molar-refractivity contribution in [3.63, 3.8) is 0 Å². The lowest BCUT2D eigenvalue weighted by atomic mass is 9.87. The topological polar surface area (TPSA) is 110 Å². The summed E-state index contributed by atoms with van der Waals surface area (Å²) < 4.78 is 44.6. The van der Waals surface area contributed by atoms with Gasteiger partial charge in [-0.25, -0.2) is 23.5 Å². The van der Waals surface area contributed by atoms with Crippen molar-refractivity contribution in [2.45, 2.75) is 32.9 Å². The average Bonchev–Trinajstić information content (AvgIpc) is 3.55. The molecule has 8 nitrogen and oxygen atoms in total. The zero-order chi connectivity index (χ0) is 31.0. The van der Waals surface area contributed by atoms with Crippen molar-refractivity contribution in [3.05, 3.63) is 113 Å². The van der Waals surface area contributed by atoms with Crippen LogP contribution in [0.5, 0.6) is 5.88 Å². The number of carbonyl (C=O) groups is 1. The minimum atomic E-state index is -1.07. The third-order valence-corrected chi connectivity index (χ3v) is 7.93. The van der Waals surface area contributed by atoms with E-state index in [1.165, 1.54) is 6.07 Å². The van der Waals surface area contributed by atoms with Crippen molar-refractivity contribution in [2.75, 3.05) is 13.2 Å². The van der Waals surface area contributed by atoms with E-state index < -0.39 is 17.6 Å². The second kappa shape index (κ2) is 11.5. The summed E-state index contributed by atoms with van der Waals surface area (Å²) in [5, 5.41) is 18.5. The van der Waals surface area contributed by atoms with E-state index in [0.717, 1.165) is 17.7 Å². The minimum Gasteiger partial charge on any atom is -0.478 e. The Kier molecular flexibility index (Phi) is 7.57. The van der Waals surface area contributed by atoms with Gasteiger partial charge in [0.2, 0.25) is 5.88 Å². The van der Waals surface area contributed by atoms with Crippen LogP contribution >= 0.6 is 0 Å². The van der Waals surface area contributed by atoms with Gasteiger partial charge in [0.25, 0.3) is 0 Å². The van der Waals surface area contributed by atoms with Gasteiger partial charge in [-0.2, -0.15) is 5.26 Å². The number of fused-ring (bicyclic) bond motifs is 1. The maximum absolute atomic E-state index is 15.6. The Balaban J connectivity index is 1.30. The first-order valence-electron chi connectivity index (χ1n) is 14.0. The number of aromatic nitrogens is 3. The quantitative estimate of drug-likeness (QED) is 0.213. The predicted molar refractivity (Wildman–Crippen MR) is 158 cm³/mol. The number of nitriles is 1. The number of hydrogen-bond donors (Lipinski definition) is 1. The molecule has 0 saturated carbocycles. The van der Waals surface area contributed by atoms with E-state index in [1.807, 2.05) is 18.4 Å². The fourth-order valence-electron chi connectivity index (χ4n) is 5.50. The number of hydrogen-bond acceptors (Lipinski definition) is 6. The highest BCUT2D eigenvalue weighted by Crippen LogP contribution is 2.40. The molecule has 10 heteroatoms. The fourth-order valence-corrected chi connectivity index (χ4v) is 5.50. The second-order valence-electron chi connectivity index (χ2n) is 11.5. The van der Waals surface area contributed by atoms with Crippen LogP contribution in [0.2, 0.25) is 0 Å². The van der Waals surface area contributed by atoms with Crippen LogP contribution in [0.25, 0.3) is 22.3 Å². The lowest BCUT2D eigenvalue weighted by Gasteiger charge is -2.28. The van der Waals surface area contributed by atoms with Crippen LogP contribution < -0.4 is 4.74 Å². The predicted octanol–water partition coefficient (Wildman–Crippen LogP) is 6.71. The van der Waals surface area contributed by atoms with Gasteiger partial charge in [-0.15, -0.1) is 0 Å². The van der Waals surface area contributed by atoms with Gasteiger partial charge in [0, 0.05) is 23.5 Å². The molecule has 3 aromatic carbocycles. The summed E-state index contributed by atoms with van der Waals surface area (Å²) in [5.41, 5.74) is 2.64. The van der Waals surface area contributed by atoms with Crippen LogP contribution in [0.3, 0.4) is 0 Å². The molecule has 6 rings (SSSR count). The van der Waals surface area contributed by atoms with Crippen LogP contribution in [0.15, 0.2) is 72.8 Å². The molecule has 0 radical (unpaired) electrons. The Bertz CT molecular complexity index is 1930. The summed E-state index contributed by atoms with van der Waals surface area (Å²) in [7, 11) is 0. The largest absolute Gasteiger partial charge is 0.478 e. The number of carboxylic acid groups (broad SMARTS) is 1. The van der Waals surface area contributed by atoms with Gasteiger partial charge < -0.3 is 19.1 Å². The Morgan fingerprint density at radius 1 is 1.09 bits per heavy atom. The average molecular weight is 595 g/mol. The SMILES string of the molecule is CC1(C)COC[C@H]1n1c(Cc2cc(F)c(-c3cccc(OCc4ccc(C#N)cc4)n3)cc2F)nc2ccc(C(=O)O)cc21. The van der Waals surface area contributed by atoms with E-state index in [-0.39, 0.29) is 52.7 Å². The molecule has 2 aromatic heterocycles. The first kappa shape index (κ1) is 29.0. The molecule has 1 atom stereocenters. The van der Waals surface area contributed by atoms with E-state index in [0.29, 0.717) is 35.6 Å². The number of nitrogens with zero attached hydrogens (tertiary/aromatic N) is 4. The van der Waals surface area contributed by atoms with E-state index in [1.54, 1.807) is 54.6 Å². The highest BCUT2D eigenvalue weighted by atomic mass is 19.1. The van der Waals surface area contributed by atoms with E-state index in [4.69, 9.17) is 19.7 Å². The van der Waals surface area contributed by atoms with Gasteiger partial charge in [0.1, 0.15) is 24.1 Å². The van der Waals surface area contributed by atoms with Crippen molar-refractivity contribution in [2.24, 2.45) is 5.41 Å². The molecule has 0 unspecified atom stereocenters. The molecule has 1 N–H and O–H groups in total. The zero-order valence-electron chi connectivity index (χ0n) is 24.1. The molecule has 0 aliphatic carbocycles. The Morgan fingerprint density at radius 3 is 2.59 bits per heavy atom. The van der Waals surface area contributed by atoms with Crippen LogP contribution in [-0.4, -0.2) is 38.8 Å². The molecular formula is C34H28F2N4O4. The maximum Gasteiger partial charge on any atom is 0.335 e. The Labute approximate surface area is 252 Å². The number of imidazole rings is 1. The second-order valence-corrected chi connectivity index (χ2v) is 11.5. The number of rotatable bonds is 8. The van der Waals surface area contributed by atoms with Crippen LogP contribution in [0.4, 0.5) is 8.78 Å². The van der Waals surface area contributed by atoms with E-state index >= 15 is 8.78 Å². The van der Waals surface area contributed by atoms with E-state index in [2.05, 4.69) is 11.1 Å². The smallest absolute Gasteiger partial charge is 0.335 e. The number of halogens is 2. The molecule has 1 saturated heterocycles. The standard InChI is InChI=1S/C34H28F2N4O4/c1-34(2)19-43-18-30(34)40-29-13-22(33(41)42)10-11-28(29)38-31(40)14-23-12-26(36)24(15-25(23)35)27-4-3-5-32(39-27)44-17-21-8-6-20(16-37)7-9-21/h3-13,15,30H,14,17-19H2,1-2H3,(H,41,42)/t30-/m1/s1. The van der Waals surface area contributed by atoms with Crippen LogP contribution in [0, 0.1) is 28.4 Å². The molecule has 5 aromatic rings. The molecule has 1 fully saturated rings. The summed E-state index contributed by atoms with van der Waals surface area (Å²) in [6.07, 6.45) is -0.0200. The molecular weight excluding hydrogens is 566 g/mol. The van der Waals surface area contributed by atoms with Gasteiger partial charge >= 0.3 is 5.97 Å². The summed E-state index contributed by atoms with van der Waals surface area (Å²) in [6.45, 7) is 5.16. The summed E-state index contributed by atoms with van der Waals surface area (Å²) >= 11 is 0. The number of pyridine rings is 1. The first-order chi connectivity index (χ1) is 21.1. The van der Waals surface area contributed by atoms with Gasteiger partial charge in [0.05, 0.1) is 53.2 Å². The lowest BCUT2D eigenvalue weighted by Crippen LogP contribution is -2.27. The lowest BCUT2D eigenvalue weighted by molar-refractivity contribution is 0.0697. The third-order valence-electron chi connectivity index (χ3n) is 7.93. The summed E-state index contributed by atoms with van der Waals surface area (Å²) in [5.74, 6) is -1.62. The van der Waals surface area contributed by atoms with Crippen molar-refractivity contribution in [1.82, 2.24) is 14.5 Å². The number of ether oxygens (including phenoxy) is 2. The van der Waals surface area contributed by atoms with Crippen molar-refractivity contribution >= 4 is 17.0 Å². The molecule has 0 spiro atoms. The molecule has 44 heavy (non-hydrogen) atoms. The minimum absolute atomic E-state index is 0.0139. The van der Waals surface area contributed by atoms with E-state index in [9.17, 15) is 9.90 Å². The highest BCUT2D eigenvalue weighted by Gasteiger charge is 2.39. The monoisotopic (exact) mass is 594 g/mol. The molecule has 1 aliphatic rings. The Morgan fingerprint density at radius 2 is 1.89 bits per heavy atom. The maximum atomic E-state index is 15.6. The van der Waals surface area contributed by atoms with Gasteiger partial charge in [0.15, 0.2) is 0 Å².